The first-order chi connectivity index (χ1) is 12.1. The number of hydrazine groups is 1. The van der Waals surface area contributed by atoms with Crippen molar-refractivity contribution in [3.05, 3.63) is 64.7 Å². The summed E-state index contributed by atoms with van der Waals surface area (Å²) in [4.78, 5) is 0. The second kappa shape index (κ2) is 7.57. The van der Waals surface area contributed by atoms with Crippen LogP contribution in [-0.4, -0.2) is 12.2 Å². The Balaban J connectivity index is 1.64. The van der Waals surface area contributed by atoms with E-state index in [4.69, 9.17) is 17.0 Å². The van der Waals surface area contributed by atoms with E-state index in [1.165, 1.54) is 22.3 Å². The maximum atomic E-state index is 5.37. The molecule has 0 aliphatic heterocycles. The molecule has 0 saturated carbocycles. The molecule has 1 aliphatic carbocycles. The van der Waals surface area contributed by atoms with E-state index in [0.29, 0.717) is 5.11 Å². The zero-order valence-electron chi connectivity index (χ0n) is 14.8. The summed E-state index contributed by atoms with van der Waals surface area (Å²) in [6, 6.07) is 12.1. The van der Waals surface area contributed by atoms with Crippen LogP contribution < -0.4 is 20.9 Å². The summed E-state index contributed by atoms with van der Waals surface area (Å²) in [5, 5.41) is 3.67. The van der Waals surface area contributed by atoms with E-state index in [0.717, 1.165) is 30.0 Å². The van der Waals surface area contributed by atoms with Gasteiger partial charge in [0.2, 0.25) is 0 Å². The van der Waals surface area contributed by atoms with Crippen molar-refractivity contribution in [3.63, 3.8) is 0 Å². The summed E-state index contributed by atoms with van der Waals surface area (Å²) in [5.41, 5.74) is 13.6. The maximum Gasteiger partial charge on any atom is 0.189 e. The van der Waals surface area contributed by atoms with E-state index in [1.54, 1.807) is 7.11 Å². The molecule has 0 bridgehead atoms. The minimum atomic E-state index is 0.516. The number of rotatable bonds is 4. The Labute approximate surface area is 154 Å². The molecule has 4 nitrogen and oxygen atoms in total. The minimum absolute atomic E-state index is 0.516. The number of allylic oxidation sites excluding steroid dienone is 1. The molecule has 3 N–H and O–H groups in total. The van der Waals surface area contributed by atoms with E-state index in [2.05, 4.69) is 48.2 Å². The topological polar surface area (TPSA) is 45.3 Å². The summed E-state index contributed by atoms with van der Waals surface area (Å²) in [5.74, 6) is 0.817. The number of nitrogens with one attached hydrogen (secondary N) is 3. The highest BCUT2D eigenvalue weighted by atomic mass is 32.1. The monoisotopic (exact) mass is 353 g/mol. The Morgan fingerprint density at radius 2 is 1.88 bits per heavy atom. The largest absolute Gasteiger partial charge is 0.497 e. The van der Waals surface area contributed by atoms with E-state index < -0.39 is 0 Å². The number of benzene rings is 2. The lowest BCUT2D eigenvalue weighted by Gasteiger charge is -2.23. The van der Waals surface area contributed by atoms with Gasteiger partial charge in [-0.3, -0.25) is 10.9 Å². The lowest BCUT2D eigenvalue weighted by Crippen LogP contribution is -2.39. The van der Waals surface area contributed by atoms with Crippen LogP contribution >= 0.6 is 12.2 Å². The van der Waals surface area contributed by atoms with Crippen molar-refractivity contribution in [2.75, 3.05) is 12.4 Å². The second-order valence-corrected chi connectivity index (χ2v) is 6.61. The molecule has 0 fully saturated rings. The second-order valence-electron chi connectivity index (χ2n) is 6.20. The molecule has 0 amide bonds. The van der Waals surface area contributed by atoms with Crippen LogP contribution in [0.15, 0.2) is 42.5 Å². The van der Waals surface area contributed by atoms with E-state index >= 15 is 0 Å². The molecule has 0 spiro atoms. The Hall–Kier alpha value is -2.53. The molecular weight excluding hydrogens is 330 g/mol. The number of hydrogen-bond acceptors (Lipinski definition) is 3. The van der Waals surface area contributed by atoms with Crippen molar-refractivity contribution in [3.8, 4) is 5.75 Å². The number of ether oxygens (including phenoxy) is 1. The highest BCUT2D eigenvalue weighted by Gasteiger charge is 2.15. The van der Waals surface area contributed by atoms with E-state index in [1.807, 2.05) is 24.3 Å². The van der Waals surface area contributed by atoms with Gasteiger partial charge < -0.3 is 10.1 Å². The van der Waals surface area contributed by atoms with Crippen LogP contribution in [0.2, 0.25) is 0 Å². The molecule has 3 rings (SSSR count). The number of aryl methyl sites for hydroxylation is 2. The predicted octanol–water partition coefficient (Wildman–Crippen LogP) is 4.09. The molecule has 0 radical (unpaired) electrons. The van der Waals surface area contributed by atoms with Crippen LogP contribution in [0, 0.1) is 13.8 Å². The Kier molecular flexibility index (Phi) is 5.24. The van der Waals surface area contributed by atoms with Gasteiger partial charge in [0.1, 0.15) is 5.75 Å². The Morgan fingerprint density at radius 1 is 1.12 bits per heavy atom. The average molecular weight is 353 g/mol. The van der Waals surface area contributed by atoms with Crippen LogP contribution in [0.4, 0.5) is 5.69 Å². The molecule has 0 aromatic heterocycles. The number of methoxy groups -OCH3 is 1. The predicted molar refractivity (Wildman–Crippen MR) is 108 cm³/mol. The molecule has 0 heterocycles. The smallest absolute Gasteiger partial charge is 0.189 e. The van der Waals surface area contributed by atoms with E-state index in [-0.39, 0.29) is 0 Å². The van der Waals surface area contributed by atoms with Crippen LogP contribution in [0.25, 0.3) is 5.70 Å². The first-order valence-corrected chi connectivity index (χ1v) is 8.75. The fourth-order valence-electron chi connectivity index (χ4n) is 3.12. The SMILES string of the molecule is COc1ccc(NC(=S)NNC2=CCCc3c(C)cc(C)cc32)cc1. The first-order valence-electron chi connectivity index (χ1n) is 8.34. The normalized spacial score (nSPS) is 12.7. The zero-order valence-corrected chi connectivity index (χ0v) is 15.6. The van der Waals surface area contributed by atoms with Crippen molar-refractivity contribution in [2.24, 2.45) is 0 Å². The fraction of sp³-hybridized carbons (Fsp3) is 0.250. The van der Waals surface area contributed by atoms with E-state index in [9.17, 15) is 0 Å². The van der Waals surface area contributed by atoms with Crippen molar-refractivity contribution in [1.29, 1.82) is 0 Å². The summed E-state index contributed by atoms with van der Waals surface area (Å²) in [6.45, 7) is 4.31. The van der Waals surface area contributed by atoms with Crippen LogP contribution in [0.5, 0.6) is 5.75 Å². The minimum Gasteiger partial charge on any atom is -0.497 e. The van der Waals surface area contributed by atoms with Gasteiger partial charge in [-0.25, -0.2) is 0 Å². The fourth-order valence-corrected chi connectivity index (χ4v) is 3.29. The average Bonchev–Trinajstić information content (AvgIpc) is 2.60. The van der Waals surface area contributed by atoms with Gasteiger partial charge in [-0.15, -0.1) is 0 Å². The van der Waals surface area contributed by atoms with Crippen LogP contribution in [-0.2, 0) is 6.42 Å². The highest BCUT2D eigenvalue weighted by Crippen LogP contribution is 2.28. The summed E-state index contributed by atoms with van der Waals surface area (Å²) in [7, 11) is 1.65. The summed E-state index contributed by atoms with van der Waals surface area (Å²) in [6.07, 6.45) is 4.32. The summed E-state index contributed by atoms with van der Waals surface area (Å²) >= 11 is 5.37. The van der Waals surface area contributed by atoms with Crippen LogP contribution in [0.1, 0.15) is 28.7 Å². The first kappa shape index (κ1) is 17.3. The standard InChI is InChI=1S/C20H23N3OS/c1-13-11-14(2)17-5-4-6-19(18(17)12-13)22-23-20(25)21-15-7-9-16(24-3)10-8-15/h6-12,22H,4-5H2,1-3H3,(H2,21,23,25). The quantitative estimate of drug-likeness (QED) is 0.571. The lowest BCUT2D eigenvalue weighted by atomic mass is 9.90. The molecule has 0 unspecified atom stereocenters. The molecule has 2 aromatic rings. The number of thiocarbonyl (C=S) groups is 1. The third-order valence-electron chi connectivity index (χ3n) is 4.31. The molecule has 25 heavy (non-hydrogen) atoms. The highest BCUT2D eigenvalue weighted by molar-refractivity contribution is 7.80. The van der Waals surface area contributed by atoms with Gasteiger partial charge in [-0.05, 0) is 80.4 Å². The summed E-state index contributed by atoms with van der Waals surface area (Å²) < 4.78 is 5.16. The lowest BCUT2D eigenvalue weighted by molar-refractivity contribution is 0.415. The van der Waals surface area contributed by atoms with Crippen molar-refractivity contribution in [1.82, 2.24) is 10.9 Å². The van der Waals surface area contributed by atoms with Gasteiger partial charge in [0.05, 0.1) is 12.8 Å². The van der Waals surface area contributed by atoms with Crippen molar-refractivity contribution in [2.45, 2.75) is 26.7 Å². The van der Waals surface area contributed by atoms with Crippen molar-refractivity contribution >= 4 is 28.7 Å². The van der Waals surface area contributed by atoms with Crippen LogP contribution in [0.3, 0.4) is 0 Å². The van der Waals surface area contributed by atoms with Gasteiger partial charge in [0.15, 0.2) is 5.11 Å². The molecule has 1 aliphatic rings. The van der Waals surface area contributed by atoms with Gasteiger partial charge in [0, 0.05) is 11.3 Å². The number of fused-ring (bicyclic) bond motifs is 1. The molecule has 130 valence electrons. The molecular formula is C20H23N3OS. The number of hydrogen-bond donors (Lipinski definition) is 3. The third-order valence-corrected chi connectivity index (χ3v) is 4.51. The van der Waals surface area contributed by atoms with Gasteiger partial charge >= 0.3 is 0 Å². The number of anilines is 1. The maximum absolute atomic E-state index is 5.37. The van der Waals surface area contributed by atoms with Crippen molar-refractivity contribution < 1.29 is 4.74 Å². The van der Waals surface area contributed by atoms with Gasteiger partial charge in [-0.2, -0.15) is 0 Å². The molecule has 2 aromatic carbocycles. The zero-order chi connectivity index (χ0) is 17.8. The third kappa shape index (κ3) is 4.12. The molecule has 0 atom stereocenters. The molecule has 0 saturated heterocycles. The Bertz CT molecular complexity index is 812. The Morgan fingerprint density at radius 3 is 2.60 bits per heavy atom. The van der Waals surface area contributed by atoms with Gasteiger partial charge in [0.25, 0.3) is 0 Å². The van der Waals surface area contributed by atoms with Gasteiger partial charge in [-0.1, -0.05) is 17.7 Å². The molecule has 5 heteroatoms.